The van der Waals surface area contributed by atoms with Crippen molar-refractivity contribution in [1.82, 2.24) is 9.80 Å². The van der Waals surface area contributed by atoms with Crippen LogP contribution in [0, 0.1) is 16.0 Å². The van der Waals surface area contributed by atoms with Crippen molar-refractivity contribution >= 4 is 17.5 Å². The van der Waals surface area contributed by atoms with Crippen molar-refractivity contribution in [3.63, 3.8) is 0 Å². The van der Waals surface area contributed by atoms with Crippen molar-refractivity contribution in [2.24, 2.45) is 5.92 Å². The Balaban J connectivity index is 1.63. The number of hydrogen-bond donors (Lipinski definition) is 0. The van der Waals surface area contributed by atoms with Crippen LogP contribution >= 0.6 is 0 Å². The first-order chi connectivity index (χ1) is 10.6. The molecule has 0 bridgehead atoms. The molecule has 0 unspecified atom stereocenters. The molecule has 1 saturated heterocycles. The maximum Gasteiger partial charge on any atom is 0.270 e. The van der Waals surface area contributed by atoms with Gasteiger partial charge < -0.3 is 9.80 Å². The first-order valence-corrected chi connectivity index (χ1v) is 7.39. The first kappa shape index (κ1) is 14.5. The minimum atomic E-state index is -0.511. The quantitative estimate of drug-likeness (QED) is 0.622. The SMILES string of the molecule is O=C(c1cccc([N+](=O)[O-])c1)N1CCN(C(=O)C2CC2)CC1. The highest BCUT2D eigenvalue weighted by atomic mass is 16.6. The minimum absolute atomic E-state index is 0.0894. The van der Waals surface area contributed by atoms with Crippen molar-refractivity contribution in [2.45, 2.75) is 12.8 Å². The molecular weight excluding hydrogens is 286 g/mol. The monoisotopic (exact) mass is 303 g/mol. The van der Waals surface area contributed by atoms with E-state index in [2.05, 4.69) is 0 Å². The number of nitro benzene ring substituents is 1. The summed E-state index contributed by atoms with van der Waals surface area (Å²) in [6.07, 6.45) is 1.96. The number of carbonyl (C=O) groups is 2. The molecule has 0 spiro atoms. The van der Waals surface area contributed by atoms with Gasteiger partial charge in [0.15, 0.2) is 0 Å². The van der Waals surface area contributed by atoms with Crippen LogP contribution in [0.3, 0.4) is 0 Å². The molecule has 1 aromatic rings. The molecule has 7 nitrogen and oxygen atoms in total. The Kier molecular flexibility index (Phi) is 3.79. The van der Waals surface area contributed by atoms with Crippen molar-refractivity contribution < 1.29 is 14.5 Å². The summed E-state index contributed by atoms with van der Waals surface area (Å²) in [5.74, 6) is 0.170. The smallest absolute Gasteiger partial charge is 0.270 e. The lowest BCUT2D eigenvalue weighted by Gasteiger charge is -2.35. The van der Waals surface area contributed by atoms with Crippen LogP contribution in [-0.4, -0.2) is 52.7 Å². The number of piperazine rings is 1. The zero-order valence-corrected chi connectivity index (χ0v) is 12.1. The third-order valence-corrected chi connectivity index (χ3v) is 4.11. The van der Waals surface area contributed by atoms with E-state index in [1.165, 1.54) is 18.2 Å². The molecule has 22 heavy (non-hydrogen) atoms. The van der Waals surface area contributed by atoms with Crippen LogP contribution in [0.1, 0.15) is 23.2 Å². The molecular formula is C15H17N3O4. The lowest BCUT2D eigenvalue weighted by molar-refractivity contribution is -0.384. The van der Waals surface area contributed by atoms with Crippen LogP contribution in [0.25, 0.3) is 0 Å². The highest BCUT2D eigenvalue weighted by molar-refractivity contribution is 5.95. The fourth-order valence-electron chi connectivity index (χ4n) is 2.65. The highest BCUT2D eigenvalue weighted by Gasteiger charge is 2.35. The second kappa shape index (κ2) is 5.75. The van der Waals surface area contributed by atoms with Crippen molar-refractivity contribution in [3.8, 4) is 0 Å². The van der Waals surface area contributed by atoms with Gasteiger partial charge in [-0.3, -0.25) is 19.7 Å². The van der Waals surface area contributed by atoms with E-state index in [9.17, 15) is 19.7 Å². The molecule has 1 saturated carbocycles. The largest absolute Gasteiger partial charge is 0.339 e. The van der Waals surface area contributed by atoms with Gasteiger partial charge in [-0.05, 0) is 18.9 Å². The summed E-state index contributed by atoms with van der Waals surface area (Å²) in [5, 5.41) is 10.8. The van der Waals surface area contributed by atoms with E-state index >= 15 is 0 Å². The van der Waals surface area contributed by atoms with Crippen LogP contribution in [0.2, 0.25) is 0 Å². The van der Waals surface area contributed by atoms with Gasteiger partial charge in [-0.25, -0.2) is 0 Å². The average molecular weight is 303 g/mol. The molecule has 0 radical (unpaired) electrons. The molecule has 2 amide bonds. The van der Waals surface area contributed by atoms with Gasteiger partial charge in [0.05, 0.1) is 4.92 Å². The summed E-state index contributed by atoms with van der Waals surface area (Å²) in [6.45, 7) is 2.02. The number of nitro groups is 1. The Hall–Kier alpha value is -2.44. The molecule has 2 fully saturated rings. The molecule has 1 aliphatic carbocycles. The summed E-state index contributed by atoms with van der Waals surface area (Å²) < 4.78 is 0. The maximum absolute atomic E-state index is 12.4. The molecule has 2 aliphatic rings. The Morgan fingerprint density at radius 2 is 1.73 bits per heavy atom. The number of carbonyl (C=O) groups excluding carboxylic acids is 2. The molecule has 116 valence electrons. The number of nitrogens with zero attached hydrogens (tertiary/aromatic N) is 3. The topological polar surface area (TPSA) is 83.8 Å². The Morgan fingerprint density at radius 1 is 1.09 bits per heavy atom. The molecule has 3 rings (SSSR count). The average Bonchev–Trinajstić information content (AvgIpc) is 3.38. The van der Waals surface area contributed by atoms with E-state index in [1.54, 1.807) is 11.0 Å². The van der Waals surface area contributed by atoms with E-state index in [4.69, 9.17) is 0 Å². The first-order valence-electron chi connectivity index (χ1n) is 7.39. The van der Waals surface area contributed by atoms with E-state index in [0.717, 1.165) is 12.8 Å². The summed E-state index contributed by atoms with van der Waals surface area (Å²) >= 11 is 0. The van der Waals surface area contributed by atoms with Crippen LogP contribution in [-0.2, 0) is 4.79 Å². The number of non-ortho nitro benzene ring substituents is 1. The second-order valence-corrected chi connectivity index (χ2v) is 5.70. The normalized spacial score (nSPS) is 18.2. The summed E-state index contributed by atoms with van der Waals surface area (Å²) in [5.41, 5.74) is 0.226. The number of hydrogen-bond acceptors (Lipinski definition) is 4. The van der Waals surface area contributed by atoms with E-state index in [1.807, 2.05) is 4.90 Å². The van der Waals surface area contributed by atoms with Gasteiger partial charge in [0.2, 0.25) is 5.91 Å². The Labute approximate surface area is 127 Å². The van der Waals surface area contributed by atoms with E-state index < -0.39 is 4.92 Å². The van der Waals surface area contributed by atoms with Gasteiger partial charge in [0, 0.05) is 49.8 Å². The number of rotatable bonds is 3. The predicted molar refractivity (Wildman–Crippen MR) is 78.3 cm³/mol. The Morgan fingerprint density at radius 3 is 2.32 bits per heavy atom. The number of amides is 2. The zero-order chi connectivity index (χ0) is 15.7. The summed E-state index contributed by atoms with van der Waals surface area (Å²) in [4.78, 5) is 38.1. The third kappa shape index (κ3) is 2.93. The van der Waals surface area contributed by atoms with Crippen LogP contribution in [0.4, 0.5) is 5.69 Å². The van der Waals surface area contributed by atoms with Gasteiger partial charge in [0.25, 0.3) is 11.6 Å². The summed E-state index contributed by atoms with van der Waals surface area (Å²) in [6, 6.07) is 5.75. The third-order valence-electron chi connectivity index (χ3n) is 4.11. The van der Waals surface area contributed by atoms with E-state index in [-0.39, 0.29) is 23.4 Å². The van der Waals surface area contributed by atoms with E-state index in [0.29, 0.717) is 31.7 Å². The summed E-state index contributed by atoms with van der Waals surface area (Å²) in [7, 11) is 0. The lowest BCUT2D eigenvalue weighted by Crippen LogP contribution is -2.51. The molecule has 0 N–H and O–H groups in total. The fraction of sp³-hybridized carbons (Fsp3) is 0.467. The fourth-order valence-corrected chi connectivity index (χ4v) is 2.65. The maximum atomic E-state index is 12.4. The van der Waals surface area contributed by atoms with Crippen molar-refractivity contribution in [1.29, 1.82) is 0 Å². The zero-order valence-electron chi connectivity index (χ0n) is 12.1. The standard InChI is InChI=1S/C15H17N3O4/c19-14(11-4-5-11)16-6-8-17(9-7-16)15(20)12-2-1-3-13(10-12)18(21)22/h1-3,10-11H,4-9H2. The van der Waals surface area contributed by atoms with Gasteiger partial charge in [-0.2, -0.15) is 0 Å². The Bertz CT molecular complexity index is 619. The number of benzene rings is 1. The van der Waals surface area contributed by atoms with Crippen molar-refractivity contribution in [2.75, 3.05) is 26.2 Å². The lowest BCUT2D eigenvalue weighted by atomic mass is 10.1. The van der Waals surface area contributed by atoms with Gasteiger partial charge in [0.1, 0.15) is 0 Å². The van der Waals surface area contributed by atoms with Crippen LogP contribution < -0.4 is 0 Å². The minimum Gasteiger partial charge on any atom is -0.339 e. The molecule has 0 atom stereocenters. The second-order valence-electron chi connectivity index (χ2n) is 5.70. The van der Waals surface area contributed by atoms with Crippen LogP contribution in [0.15, 0.2) is 24.3 Å². The molecule has 1 aromatic carbocycles. The molecule has 7 heteroatoms. The van der Waals surface area contributed by atoms with Crippen molar-refractivity contribution in [3.05, 3.63) is 39.9 Å². The van der Waals surface area contributed by atoms with Gasteiger partial charge >= 0.3 is 0 Å². The van der Waals surface area contributed by atoms with Gasteiger partial charge in [-0.15, -0.1) is 0 Å². The molecule has 1 heterocycles. The highest BCUT2D eigenvalue weighted by Crippen LogP contribution is 2.31. The predicted octanol–water partition coefficient (Wildman–Crippen LogP) is 1.29. The van der Waals surface area contributed by atoms with Crippen LogP contribution in [0.5, 0.6) is 0 Å². The molecule has 0 aromatic heterocycles. The van der Waals surface area contributed by atoms with Gasteiger partial charge in [-0.1, -0.05) is 6.07 Å². The molecule has 1 aliphatic heterocycles.